The van der Waals surface area contributed by atoms with Gasteiger partial charge in [0.15, 0.2) is 6.29 Å². The summed E-state index contributed by atoms with van der Waals surface area (Å²) < 4.78 is 9.95. The summed E-state index contributed by atoms with van der Waals surface area (Å²) >= 11 is 1.60. The van der Waals surface area contributed by atoms with Gasteiger partial charge in [0.2, 0.25) is 0 Å². The maximum absolute atomic E-state index is 9.78. The van der Waals surface area contributed by atoms with E-state index in [-0.39, 0.29) is 0 Å². The van der Waals surface area contributed by atoms with Crippen LogP contribution < -0.4 is 0 Å². The molecule has 0 aliphatic carbocycles. The predicted molar refractivity (Wildman–Crippen MR) is 59.1 cm³/mol. The first-order chi connectivity index (χ1) is 7.08. The van der Waals surface area contributed by atoms with Crippen LogP contribution in [0, 0.1) is 13.8 Å². The zero-order valence-electron chi connectivity index (χ0n) is 9.48. The number of aromatic nitrogens is 1. The average molecular weight is 231 g/mol. The molecule has 0 aliphatic heterocycles. The fourth-order valence-electron chi connectivity index (χ4n) is 1.31. The molecule has 15 heavy (non-hydrogen) atoms. The lowest BCUT2D eigenvalue weighted by atomic mass is 10.2. The number of aryl methyl sites for hydroxylation is 2. The van der Waals surface area contributed by atoms with Crippen LogP contribution >= 0.6 is 11.3 Å². The standard InChI is InChI=1S/C10H17NO3S/c1-6-7(2)15-9(11-6)5-8(12)10(13-3)14-4/h8,10,12H,5H2,1-4H3. The van der Waals surface area contributed by atoms with Gasteiger partial charge in [-0.1, -0.05) is 0 Å². The highest BCUT2D eigenvalue weighted by Crippen LogP contribution is 2.19. The van der Waals surface area contributed by atoms with E-state index in [2.05, 4.69) is 4.98 Å². The second-order valence-corrected chi connectivity index (χ2v) is 4.65. The van der Waals surface area contributed by atoms with Gasteiger partial charge in [0.25, 0.3) is 0 Å². The van der Waals surface area contributed by atoms with Crippen molar-refractivity contribution in [3.05, 3.63) is 15.6 Å². The van der Waals surface area contributed by atoms with Crippen LogP contribution in [0.1, 0.15) is 15.6 Å². The number of methoxy groups -OCH3 is 2. The summed E-state index contributed by atoms with van der Waals surface area (Å²) in [7, 11) is 3.02. The summed E-state index contributed by atoms with van der Waals surface area (Å²) in [5, 5.41) is 10.7. The maximum atomic E-state index is 9.78. The van der Waals surface area contributed by atoms with Crippen LogP contribution in [0.3, 0.4) is 0 Å². The number of thiazole rings is 1. The Morgan fingerprint density at radius 1 is 1.33 bits per heavy atom. The molecule has 0 bridgehead atoms. The summed E-state index contributed by atoms with van der Waals surface area (Å²) in [6.45, 7) is 3.98. The number of nitrogens with zero attached hydrogens (tertiary/aromatic N) is 1. The Morgan fingerprint density at radius 3 is 2.33 bits per heavy atom. The van der Waals surface area contributed by atoms with E-state index in [1.165, 1.54) is 19.1 Å². The van der Waals surface area contributed by atoms with E-state index in [1.54, 1.807) is 11.3 Å². The molecule has 1 N–H and O–H groups in total. The summed E-state index contributed by atoms with van der Waals surface area (Å²) in [6.07, 6.45) is -0.800. The van der Waals surface area contributed by atoms with Crippen molar-refractivity contribution in [1.82, 2.24) is 4.98 Å². The normalized spacial score (nSPS) is 13.5. The summed E-state index contributed by atoms with van der Waals surface area (Å²) in [4.78, 5) is 5.53. The van der Waals surface area contributed by atoms with Crippen LogP contribution in [0.4, 0.5) is 0 Å². The van der Waals surface area contributed by atoms with E-state index in [4.69, 9.17) is 9.47 Å². The van der Waals surface area contributed by atoms with E-state index in [0.29, 0.717) is 6.42 Å². The zero-order chi connectivity index (χ0) is 11.4. The SMILES string of the molecule is COC(OC)C(O)Cc1nc(C)c(C)s1. The molecule has 0 radical (unpaired) electrons. The molecule has 1 aromatic heterocycles. The van der Waals surface area contributed by atoms with E-state index in [1.807, 2.05) is 13.8 Å². The third-order valence-electron chi connectivity index (χ3n) is 2.24. The lowest BCUT2D eigenvalue weighted by Gasteiger charge is -2.18. The summed E-state index contributed by atoms with van der Waals surface area (Å²) in [5.74, 6) is 0. The molecule has 0 aliphatic rings. The Hall–Kier alpha value is -0.490. The Bertz CT molecular complexity index is 290. The molecule has 4 nitrogen and oxygen atoms in total. The molecule has 0 spiro atoms. The molecule has 0 saturated carbocycles. The molecular weight excluding hydrogens is 214 g/mol. The number of hydrogen-bond acceptors (Lipinski definition) is 5. The second-order valence-electron chi connectivity index (χ2n) is 3.36. The number of ether oxygens (including phenoxy) is 2. The number of aliphatic hydroxyl groups excluding tert-OH is 1. The topological polar surface area (TPSA) is 51.6 Å². The van der Waals surface area contributed by atoms with Crippen LogP contribution in [-0.4, -0.2) is 36.7 Å². The number of hydrogen-bond donors (Lipinski definition) is 1. The van der Waals surface area contributed by atoms with E-state index >= 15 is 0 Å². The van der Waals surface area contributed by atoms with Crippen LogP contribution in [-0.2, 0) is 15.9 Å². The smallest absolute Gasteiger partial charge is 0.183 e. The average Bonchev–Trinajstić information content (AvgIpc) is 2.47. The molecule has 1 atom stereocenters. The zero-order valence-corrected chi connectivity index (χ0v) is 10.3. The highest BCUT2D eigenvalue weighted by Gasteiger charge is 2.20. The molecule has 0 amide bonds. The number of rotatable bonds is 5. The van der Waals surface area contributed by atoms with E-state index in [9.17, 15) is 5.11 Å². The monoisotopic (exact) mass is 231 g/mol. The molecule has 0 aromatic carbocycles. The van der Waals surface area contributed by atoms with E-state index < -0.39 is 12.4 Å². The van der Waals surface area contributed by atoms with Crippen molar-refractivity contribution in [3.8, 4) is 0 Å². The lowest BCUT2D eigenvalue weighted by Crippen LogP contribution is -2.31. The fraction of sp³-hybridized carbons (Fsp3) is 0.700. The minimum absolute atomic E-state index is 0.464. The molecule has 0 saturated heterocycles. The minimum Gasteiger partial charge on any atom is -0.387 e. The van der Waals surface area contributed by atoms with Crippen molar-refractivity contribution >= 4 is 11.3 Å². The Labute approximate surface area is 93.9 Å². The molecule has 1 heterocycles. The molecule has 0 fully saturated rings. The van der Waals surface area contributed by atoms with Crippen LogP contribution in [0.25, 0.3) is 0 Å². The van der Waals surface area contributed by atoms with Gasteiger partial charge in [0.1, 0.15) is 6.10 Å². The van der Waals surface area contributed by atoms with Gasteiger partial charge in [-0.05, 0) is 13.8 Å². The van der Waals surface area contributed by atoms with Crippen LogP contribution in [0.5, 0.6) is 0 Å². The highest BCUT2D eigenvalue weighted by atomic mass is 32.1. The minimum atomic E-state index is -0.676. The van der Waals surface area contributed by atoms with Crippen molar-refractivity contribution in [2.75, 3.05) is 14.2 Å². The van der Waals surface area contributed by atoms with Crippen molar-refractivity contribution in [2.45, 2.75) is 32.7 Å². The highest BCUT2D eigenvalue weighted by molar-refractivity contribution is 7.11. The Morgan fingerprint density at radius 2 is 1.93 bits per heavy atom. The van der Waals surface area contributed by atoms with Gasteiger partial charge in [0.05, 0.1) is 10.7 Å². The summed E-state index contributed by atoms with van der Waals surface area (Å²) in [5.41, 5.74) is 1.02. The van der Waals surface area contributed by atoms with Gasteiger partial charge in [0, 0.05) is 25.5 Å². The maximum Gasteiger partial charge on any atom is 0.183 e. The van der Waals surface area contributed by atoms with Gasteiger partial charge < -0.3 is 14.6 Å². The first kappa shape index (κ1) is 12.6. The van der Waals surface area contributed by atoms with Gasteiger partial charge in [-0.15, -0.1) is 11.3 Å². The lowest BCUT2D eigenvalue weighted by molar-refractivity contribution is -0.163. The van der Waals surface area contributed by atoms with Gasteiger partial charge >= 0.3 is 0 Å². The molecule has 1 unspecified atom stereocenters. The third-order valence-corrected chi connectivity index (χ3v) is 3.33. The van der Waals surface area contributed by atoms with Crippen molar-refractivity contribution in [1.29, 1.82) is 0 Å². The molecule has 5 heteroatoms. The first-order valence-corrected chi connectivity index (χ1v) is 5.56. The van der Waals surface area contributed by atoms with Gasteiger partial charge in [-0.2, -0.15) is 0 Å². The molecule has 1 rings (SSSR count). The molecule has 86 valence electrons. The quantitative estimate of drug-likeness (QED) is 0.776. The summed E-state index contributed by atoms with van der Waals surface area (Å²) in [6, 6.07) is 0. The third kappa shape index (κ3) is 3.24. The van der Waals surface area contributed by atoms with E-state index in [0.717, 1.165) is 10.7 Å². The Kier molecular flexibility index (Phi) is 4.66. The Balaban J connectivity index is 2.61. The van der Waals surface area contributed by atoms with Crippen molar-refractivity contribution in [3.63, 3.8) is 0 Å². The van der Waals surface area contributed by atoms with Crippen molar-refractivity contribution < 1.29 is 14.6 Å². The van der Waals surface area contributed by atoms with Crippen LogP contribution in [0.2, 0.25) is 0 Å². The fourth-order valence-corrected chi connectivity index (χ4v) is 2.30. The van der Waals surface area contributed by atoms with Crippen LogP contribution in [0.15, 0.2) is 0 Å². The second kappa shape index (κ2) is 5.55. The molecular formula is C10H17NO3S. The predicted octanol–water partition coefficient (Wildman–Crippen LogP) is 1.28. The largest absolute Gasteiger partial charge is 0.387 e. The number of aliphatic hydroxyl groups is 1. The molecule has 1 aromatic rings. The first-order valence-electron chi connectivity index (χ1n) is 4.75. The van der Waals surface area contributed by atoms with Gasteiger partial charge in [-0.3, -0.25) is 0 Å². The van der Waals surface area contributed by atoms with Gasteiger partial charge in [-0.25, -0.2) is 4.98 Å². The van der Waals surface area contributed by atoms with Crippen molar-refractivity contribution in [2.24, 2.45) is 0 Å².